The minimum atomic E-state index is 0. The van der Waals surface area contributed by atoms with Gasteiger partial charge in [0.2, 0.25) is 0 Å². The Bertz CT molecular complexity index is 131. The Morgan fingerprint density at radius 2 is 1.47 bits per heavy atom. The number of nitrogens with zero attached hydrogens (tertiary/aromatic N) is 1. The van der Waals surface area contributed by atoms with E-state index in [1.165, 1.54) is 0 Å². The van der Waals surface area contributed by atoms with Crippen LogP contribution < -0.4 is 29.6 Å². The first-order chi connectivity index (χ1) is 6.56. The van der Waals surface area contributed by atoms with Crippen molar-refractivity contribution >= 4 is 11.8 Å². The van der Waals surface area contributed by atoms with Gasteiger partial charge in [0, 0.05) is 5.75 Å². The maximum Gasteiger partial charge on any atom is 1.00 e. The molecule has 0 fully saturated rings. The molecule has 0 bridgehead atoms. The fourth-order valence-electron chi connectivity index (χ4n) is 0.803. The third-order valence-electron chi connectivity index (χ3n) is 1.71. The maximum atomic E-state index is 5.44. The van der Waals surface area contributed by atoms with E-state index in [-0.39, 0.29) is 29.6 Å². The van der Waals surface area contributed by atoms with Crippen molar-refractivity contribution in [2.24, 2.45) is 0 Å². The van der Waals surface area contributed by atoms with Crippen LogP contribution in [-0.2, 0) is 9.47 Å². The van der Waals surface area contributed by atoms with Crippen molar-refractivity contribution in [2.45, 2.75) is 0 Å². The summed E-state index contributed by atoms with van der Waals surface area (Å²) in [4.78, 5) is 0. The van der Waals surface area contributed by atoms with Crippen LogP contribution in [0.5, 0.6) is 0 Å². The summed E-state index contributed by atoms with van der Waals surface area (Å²) >= 11 is 1.80. The van der Waals surface area contributed by atoms with Crippen LogP contribution in [0, 0.1) is 0 Å². The fraction of sp³-hybridized carbons (Fsp3) is 1.00. The number of hydrogen-bond acceptors (Lipinski definition) is 3. The molecule has 0 aromatic carbocycles. The van der Waals surface area contributed by atoms with Crippen LogP contribution in [0.3, 0.4) is 0 Å². The van der Waals surface area contributed by atoms with Gasteiger partial charge in [-0.25, -0.2) is 0 Å². The predicted octanol–water partition coefficient (Wildman–Crippen LogP) is -1.91. The van der Waals surface area contributed by atoms with Gasteiger partial charge in [0.1, 0.15) is 6.54 Å². The standard InChI is InChI=1S/C10H24NO2S.Na/c1-11(2,3)5-6-12-7-8-13-9-10-14-4;/h5-10H2,1-4H3;/q2*+1. The molecule has 0 aliphatic rings. The summed E-state index contributed by atoms with van der Waals surface area (Å²) in [6.07, 6.45) is 2.08. The molecular weight excluding hydrogens is 221 g/mol. The van der Waals surface area contributed by atoms with E-state index in [1.54, 1.807) is 11.8 Å². The molecule has 0 rings (SSSR count). The van der Waals surface area contributed by atoms with Gasteiger partial charge in [-0.3, -0.25) is 0 Å². The molecule has 0 N–H and O–H groups in total. The van der Waals surface area contributed by atoms with E-state index in [0.717, 1.165) is 36.6 Å². The molecule has 0 atom stereocenters. The van der Waals surface area contributed by atoms with Crippen LogP contribution in [0.4, 0.5) is 0 Å². The SMILES string of the molecule is CSCCOCCOCC[N+](C)(C)C.[Na+]. The third kappa shape index (κ3) is 17.8. The van der Waals surface area contributed by atoms with Crippen molar-refractivity contribution in [3.05, 3.63) is 0 Å². The third-order valence-corrected chi connectivity index (χ3v) is 2.29. The van der Waals surface area contributed by atoms with E-state index >= 15 is 0 Å². The Balaban J connectivity index is 0. The Hall–Kier alpha value is 1.23. The van der Waals surface area contributed by atoms with Gasteiger partial charge >= 0.3 is 29.6 Å². The molecule has 0 unspecified atom stereocenters. The van der Waals surface area contributed by atoms with E-state index in [0.29, 0.717) is 6.61 Å². The number of likely N-dealkylation sites (N-methyl/N-ethyl adjacent to an activating group) is 1. The average Bonchev–Trinajstić information content (AvgIpc) is 2.08. The minimum Gasteiger partial charge on any atom is -0.378 e. The molecule has 5 heteroatoms. The number of thioether (sulfide) groups is 1. The summed E-state index contributed by atoms with van der Waals surface area (Å²) in [7, 11) is 6.50. The second-order valence-corrected chi connectivity index (χ2v) is 5.22. The van der Waals surface area contributed by atoms with Crippen LogP contribution >= 0.6 is 11.8 Å². The fourth-order valence-corrected chi connectivity index (χ4v) is 1.09. The smallest absolute Gasteiger partial charge is 0.378 e. The summed E-state index contributed by atoms with van der Waals surface area (Å²) in [5.74, 6) is 1.07. The van der Waals surface area contributed by atoms with E-state index in [2.05, 4.69) is 27.4 Å². The average molecular weight is 245 g/mol. The second-order valence-electron chi connectivity index (χ2n) is 4.23. The summed E-state index contributed by atoms with van der Waals surface area (Å²) < 4.78 is 11.7. The van der Waals surface area contributed by atoms with Crippen molar-refractivity contribution in [1.82, 2.24) is 0 Å². The first kappa shape index (κ1) is 18.6. The molecule has 0 saturated heterocycles. The molecule has 15 heavy (non-hydrogen) atoms. The molecular formula is C10H24NNaO2S+2. The molecule has 0 heterocycles. The van der Waals surface area contributed by atoms with Gasteiger partial charge in [-0.2, -0.15) is 11.8 Å². The molecule has 0 saturated carbocycles. The van der Waals surface area contributed by atoms with E-state index in [9.17, 15) is 0 Å². The first-order valence-corrected chi connectivity index (χ1v) is 6.40. The summed E-state index contributed by atoms with van der Waals surface area (Å²) in [5.41, 5.74) is 0. The van der Waals surface area contributed by atoms with E-state index in [4.69, 9.17) is 9.47 Å². The van der Waals surface area contributed by atoms with Crippen LogP contribution in [0.2, 0.25) is 0 Å². The van der Waals surface area contributed by atoms with Crippen LogP contribution in [-0.4, -0.2) is 70.6 Å². The Kier molecular flexibility index (Phi) is 14.5. The Labute approximate surface area is 121 Å². The zero-order chi connectivity index (χ0) is 10.9. The summed E-state index contributed by atoms with van der Waals surface area (Å²) in [6, 6.07) is 0. The van der Waals surface area contributed by atoms with Gasteiger partial charge in [0.05, 0.1) is 47.6 Å². The van der Waals surface area contributed by atoms with Gasteiger partial charge < -0.3 is 14.0 Å². The number of hydrogen-bond donors (Lipinski definition) is 0. The zero-order valence-electron chi connectivity index (χ0n) is 10.9. The molecule has 0 amide bonds. The van der Waals surface area contributed by atoms with Crippen molar-refractivity contribution in [2.75, 3.05) is 66.1 Å². The quantitative estimate of drug-likeness (QED) is 0.268. The van der Waals surface area contributed by atoms with Crippen molar-refractivity contribution in [3.8, 4) is 0 Å². The molecule has 3 nitrogen and oxygen atoms in total. The summed E-state index contributed by atoms with van der Waals surface area (Å²) in [5, 5.41) is 0. The molecule has 0 aliphatic heterocycles. The van der Waals surface area contributed by atoms with Gasteiger partial charge in [-0.05, 0) is 6.26 Å². The maximum absolute atomic E-state index is 5.44. The van der Waals surface area contributed by atoms with Gasteiger partial charge in [0.25, 0.3) is 0 Å². The second kappa shape index (κ2) is 11.7. The summed E-state index contributed by atoms with van der Waals surface area (Å²) in [6.45, 7) is 4.13. The molecule has 0 radical (unpaired) electrons. The molecule has 86 valence electrons. The van der Waals surface area contributed by atoms with Gasteiger partial charge in [0.15, 0.2) is 0 Å². The van der Waals surface area contributed by atoms with Crippen molar-refractivity contribution < 1.29 is 43.5 Å². The molecule has 0 aliphatic carbocycles. The minimum absolute atomic E-state index is 0. The van der Waals surface area contributed by atoms with E-state index in [1.807, 2.05) is 0 Å². The van der Waals surface area contributed by atoms with Crippen molar-refractivity contribution in [1.29, 1.82) is 0 Å². The Morgan fingerprint density at radius 3 is 1.93 bits per heavy atom. The number of ether oxygens (including phenoxy) is 2. The molecule has 0 aromatic rings. The molecule has 0 spiro atoms. The molecule has 0 aromatic heterocycles. The topological polar surface area (TPSA) is 18.5 Å². The van der Waals surface area contributed by atoms with Gasteiger partial charge in [-0.1, -0.05) is 0 Å². The predicted molar refractivity (Wildman–Crippen MR) is 62.9 cm³/mol. The Morgan fingerprint density at radius 1 is 0.933 bits per heavy atom. The monoisotopic (exact) mass is 245 g/mol. The van der Waals surface area contributed by atoms with Crippen LogP contribution in [0.15, 0.2) is 0 Å². The van der Waals surface area contributed by atoms with Crippen LogP contribution in [0.1, 0.15) is 0 Å². The number of rotatable bonds is 9. The normalized spacial score (nSPS) is 11.2. The number of quaternary nitrogens is 1. The zero-order valence-corrected chi connectivity index (χ0v) is 13.7. The van der Waals surface area contributed by atoms with Crippen molar-refractivity contribution in [3.63, 3.8) is 0 Å². The first-order valence-electron chi connectivity index (χ1n) is 5.01. The van der Waals surface area contributed by atoms with E-state index < -0.39 is 0 Å². The largest absolute Gasteiger partial charge is 1.00 e. The van der Waals surface area contributed by atoms with Crippen LogP contribution in [0.25, 0.3) is 0 Å². The van der Waals surface area contributed by atoms with Gasteiger partial charge in [-0.15, -0.1) is 0 Å².